The minimum absolute atomic E-state index is 0.0926. The molecule has 0 saturated heterocycles. The van der Waals surface area contributed by atoms with Gasteiger partial charge in [0.2, 0.25) is 0 Å². The maximum atomic E-state index is 9.64. The first-order valence-corrected chi connectivity index (χ1v) is 8.21. The maximum absolute atomic E-state index is 9.64. The topological polar surface area (TPSA) is 29.5 Å². The van der Waals surface area contributed by atoms with Gasteiger partial charge in [0.25, 0.3) is 0 Å². The number of methoxy groups -OCH3 is 1. The van der Waals surface area contributed by atoms with E-state index >= 15 is 0 Å². The van der Waals surface area contributed by atoms with Crippen LogP contribution in [0.2, 0.25) is 10.0 Å². The molecule has 1 N–H and O–H groups in total. The summed E-state index contributed by atoms with van der Waals surface area (Å²) in [7, 11) is 1.60. The van der Waals surface area contributed by atoms with Crippen molar-refractivity contribution in [3.05, 3.63) is 76.3 Å². The van der Waals surface area contributed by atoms with Crippen LogP contribution in [0, 0.1) is 0 Å². The smallest absolute Gasteiger partial charge is 0.125 e. The van der Waals surface area contributed by atoms with Crippen molar-refractivity contribution in [2.45, 2.75) is 6.61 Å². The summed E-state index contributed by atoms with van der Waals surface area (Å²) in [5.41, 5.74) is 4.77. The molecule has 0 unspecified atom stereocenters. The quantitative estimate of drug-likeness (QED) is 0.635. The predicted molar refractivity (Wildman–Crippen MR) is 99.8 cm³/mol. The summed E-state index contributed by atoms with van der Waals surface area (Å²) in [6, 6.07) is 19.2. The van der Waals surface area contributed by atoms with Crippen LogP contribution in [0.3, 0.4) is 0 Å². The Labute approximate surface area is 151 Å². The first-order chi connectivity index (χ1) is 11.6. The van der Waals surface area contributed by atoms with Gasteiger partial charge in [-0.05, 0) is 58.7 Å². The largest absolute Gasteiger partial charge is 0.496 e. The van der Waals surface area contributed by atoms with E-state index < -0.39 is 0 Å². The second-order valence-electron chi connectivity index (χ2n) is 5.38. The van der Waals surface area contributed by atoms with Crippen molar-refractivity contribution in [2.75, 3.05) is 7.11 Å². The summed E-state index contributed by atoms with van der Waals surface area (Å²) < 4.78 is 5.42. The van der Waals surface area contributed by atoms with Gasteiger partial charge in [0, 0.05) is 15.6 Å². The van der Waals surface area contributed by atoms with Crippen molar-refractivity contribution in [1.82, 2.24) is 0 Å². The van der Waals surface area contributed by atoms with E-state index in [2.05, 4.69) is 0 Å². The third kappa shape index (κ3) is 3.41. The highest BCUT2D eigenvalue weighted by molar-refractivity contribution is 6.31. The van der Waals surface area contributed by atoms with E-state index in [4.69, 9.17) is 27.9 Å². The number of aliphatic hydroxyl groups excluding tert-OH is 1. The molecule has 0 aliphatic carbocycles. The molecule has 0 heterocycles. The molecule has 3 aromatic carbocycles. The van der Waals surface area contributed by atoms with Crippen molar-refractivity contribution in [1.29, 1.82) is 0 Å². The van der Waals surface area contributed by atoms with Gasteiger partial charge in [-0.2, -0.15) is 0 Å². The van der Waals surface area contributed by atoms with Gasteiger partial charge in [-0.15, -0.1) is 0 Å². The minimum Gasteiger partial charge on any atom is -0.496 e. The van der Waals surface area contributed by atoms with Crippen molar-refractivity contribution >= 4 is 23.2 Å². The highest BCUT2D eigenvalue weighted by atomic mass is 35.5. The lowest BCUT2D eigenvalue weighted by Crippen LogP contribution is -1.95. The number of hydrogen-bond acceptors (Lipinski definition) is 2. The molecule has 122 valence electrons. The molecule has 0 aliphatic rings. The van der Waals surface area contributed by atoms with Gasteiger partial charge in [-0.3, -0.25) is 0 Å². The third-order valence-corrected chi connectivity index (χ3v) is 4.41. The van der Waals surface area contributed by atoms with Gasteiger partial charge in [0.05, 0.1) is 13.7 Å². The Morgan fingerprint density at radius 2 is 1.25 bits per heavy atom. The number of hydrogen-bond donors (Lipinski definition) is 1. The number of aliphatic hydroxyl groups is 1. The van der Waals surface area contributed by atoms with Crippen molar-refractivity contribution in [2.24, 2.45) is 0 Å². The molecular weight excluding hydrogens is 343 g/mol. The second kappa shape index (κ2) is 7.27. The zero-order valence-corrected chi connectivity index (χ0v) is 14.6. The zero-order valence-electron chi connectivity index (χ0n) is 13.1. The summed E-state index contributed by atoms with van der Waals surface area (Å²) in [6.07, 6.45) is 0. The average molecular weight is 359 g/mol. The van der Waals surface area contributed by atoms with E-state index in [0.29, 0.717) is 15.8 Å². The van der Waals surface area contributed by atoms with Crippen LogP contribution in [0.15, 0.2) is 60.7 Å². The van der Waals surface area contributed by atoms with Gasteiger partial charge in [-0.1, -0.05) is 47.5 Å². The Balaban J connectivity index is 2.24. The van der Waals surface area contributed by atoms with Crippen LogP contribution in [-0.2, 0) is 6.61 Å². The third-order valence-electron chi connectivity index (χ3n) is 3.90. The molecule has 4 heteroatoms. The van der Waals surface area contributed by atoms with Crippen LogP contribution in [0.25, 0.3) is 22.3 Å². The monoisotopic (exact) mass is 358 g/mol. The van der Waals surface area contributed by atoms with Gasteiger partial charge < -0.3 is 9.84 Å². The molecule has 0 radical (unpaired) electrons. The van der Waals surface area contributed by atoms with E-state index in [1.807, 2.05) is 60.7 Å². The summed E-state index contributed by atoms with van der Waals surface area (Å²) in [5, 5.41) is 11.0. The van der Waals surface area contributed by atoms with Crippen LogP contribution in [-0.4, -0.2) is 12.2 Å². The average Bonchev–Trinajstić information content (AvgIpc) is 2.62. The van der Waals surface area contributed by atoms with Crippen LogP contribution in [0.1, 0.15) is 5.56 Å². The van der Waals surface area contributed by atoms with Crippen LogP contribution >= 0.6 is 23.2 Å². The van der Waals surface area contributed by atoms with Gasteiger partial charge >= 0.3 is 0 Å². The van der Waals surface area contributed by atoms with E-state index in [1.165, 1.54) is 0 Å². The van der Waals surface area contributed by atoms with Crippen LogP contribution in [0.5, 0.6) is 5.75 Å². The Hall–Kier alpha value is -2.00. The van der Waals surface area contributed by atoms with Gasteiger partial charge in [0.1, 0.15) is 5.75 Å². The SMILES string of the molecule is COc1cc(-c2ccc(Cl)cc2)c(-c2ccc(Cl)cc2)cc1CO. The summed E-state index contributed by atoms with van der Waals surface area (Å²) >= 11 is 12.0. The molecule has 0 saturated carbocycles. The van der Waals surface area contributed by atoms with Gasteiger partial charge in [0.15, 0.2) is 0 Å². The van der Waals surface area contributed by atoms with Crippen molar-refractivity contribution in [3.63, 3.8) is 0 Å². The van der Waals surface area contributed by atoms with E-state index in [9.17, 15) is 5.11 Å². The first kappa shape index (κ1) is 16.8. The molecule has 0 aromatic heterocycles. The molecule has 0 spiro atoms. The number of rotatable bonds is 4. The predicted octanol–water partition coefficient (Wildman–Crippen LogP) is 5.83. The summed E-state index contributed by atoms with van der Waals surface area (Å²) in [6.45, 7) is -0.0926. The van der Waals surface area contributed by atoms with Gasteiger partial charge in [-0.25, -0.2) is 0 Å². The van der Waals surface area contributed by atoms with E-state index in [-0.39, 0.29) is 6.61 Å². The number of benzene rings is 3. The Morgan fingerprint density at radius 1 is 0.792 bits per heavy atom. The normalized spacial score (nSPS) is 10.7. The first-order valence-electron chi connectivity index (χ1n) is 7.46. The lowest BCUT2D eigenvalue weighted by atomic mass is 9.92. The molecule has 3 rings (SSSR count). The molecule has 2 nitrogen and oxygen atoms in total. The molecule has 0 atom stereocenters. The van der Waals surface area contributed by atoms with E-state index in [0.717, 1.165) is 27.8 Å². The minimum atomic E-state index is -0.0926. The second-order valence-corrected chi connectivity index (χ2v) is 6.25. The zero-order chi connectivity index (χ0) is 17.1. The lowest BCUT2D eigenvalue weighted by Gasteiger charge is -2.16. The standard InChI is InChI=1S/C20H16Cl2O2/c1-24-20-11-19(14-4-8-17(22)9-5-14)18(10-15(20)12-23)13-2-6-16(21)7-3-13/h2-11,23H,12H2,1H3. The molecule has 3 aromatic rings. The van der Waals surface area contributed by atoms with Crippen molar-refractivity contribution in [3.8, 4) is 28.0 Å². The van der Waals surface area contributed by atoms with E-state index in [1.54, 1.807) is 7.11 Å². The molecule has 0 fully saturated rings. The fraction of sp³-hybridized carbons (Fsp3) is 0.100. The summed E-state index contributed by atoms with van der Waals surface area (Å²) in [4.78, 5) is 0. The Bertz CT molecular complexity index is 768. The highest BCUT2D eigenvalue weighted by Crippen LogP contribution is 2.38. The fourth-order valence-corrected chi connectivity index (χ4v) is 2.93. The maximum Gasteiger partial charge on any atom is 0.125 e. The summed E-state index contributed by atoms with van der Waals surface area (Å²) in [5.74, 6) is 0.653. The number of halogens is 2. The molecular formula is C20H16Cl2O2. The number of ether oxygens (including phenoxy) is 1. The Morgan fingerprint density at radius 3 is 1.67 bits per heavy atom. The molecule has 0 amide bonds. The molecule has 0 bridgehead atoms. The molecule has 24 heavy (non-hydrogen) atoms. The van der Waals surface area contributed by atoms with Crippen LogP contribution < -0.4 is 4.74 Å². The fourth-order valence-electron chi connectivity index (χ4n) is 2.67. The Kier molecular flexibility index (Phi) is 5.10. The highest BCUT2D eigenvalue weighted by Gasteiger charge is 2.13. The lowest BCUT2D eigenvalue weighted by molar-refractivity contribution is 0.274. The molecule has 0 aliphatic heterocycles. The van der Waals surface area contributed by atoms with Crippen LogP contribution in [0.4, 0.5) is 0 Å². The van der Waals surface area contributed by atoms with Crippen molar-refractivity contribution < 1.29 is 9.84 Å².